The number of carbonyl (C=O) groups is 7. The largest absolute Gasteiger partial charge is 0.508 e. The molecule has 1 aromatic carbocycles. The highest BCUT2D eigenvalue weighted by molar-refractivity contribution is 5.97. The van der Waals surface area contributed by atoms with Gasteiger partial charge in [0.2, 0.25) is 29.5 Å². The molecule has 16 heteroatoms. The van der Waals surface area contributed by atoms with Gasteiger partial charge in [-0.3, -0.25) is 28.8 Å². The van der Waals surface area contributed by atoms with Crippen LogP contribution in [0.25, 0.3) is 0 Å². The van der Waals surface area contributed by atoms with Gasteiger partial charge in [-0.2, -0.15) is 0 Å². The summed E-state index contributed by atoms with van der Waals surface area (Å²) < 4.78 is 0. The molecule has 0 radical (unpaired) electrons. The maximum Gasteiger partial charge on any atom is 0.326 e. The first-order chi connectivity index (χ1) is 17.2. The Kier molecular flexibility index (Phi) is 11.4. The van der Waals surface area contributed by atoms with E-state index in [-0.39, 0.29) is 12.2 Å². The zero-order valence-electron chi connectivity index (χ0n) is 19.4. The molecule has 0 saturated heterocycles. The third-order valence-electron chi connectivity index (χ3n) is 4.80. The fourth-order valence-corrected chi connectivity index (χ4v) is 2.99. The predicted molar refractivity (Wildman–Crippen MR) is 123 cm³/mol. The van der Waals surface area contributed by atoms with Crippen LogP contribution in [0.3, 0.4) is 0 Å². The van der Waals surface area contributed by atoms with Crippen LogP contribution in [0, 0.1) is 0 Å². The summed E-state index contributed by atoms with van der Waals surface area (Å²) in [7, 11) is 0. The van der Waals surface area contributed by atoms with Crippen LogP contribution in [0.2, 0.25) is 0 Å². The van der Waals surface area contributed by atoms with E-state index in [4.69, 9.17) is 22.3 Å². The maximum absolute atomic E-state index is 12.9. The van der Waals surface area contributed by atoms with E-state index < -0.39 is 84.9 Å². The van der Waals surface area contributed by atoms with Gasteiger partial charge in [-0.1, -0.05) is 12.1 Å². The van der Waals surface area contributed by atoms with Crippen LogP contribution in [0.1, 0.15) is 24.8 Å². The minimum absolute atomic E-state index is 0.0993. The number of phenolic OH excluding ortho intramolecular Hbond substituents is 1. The van der Waals surface area contributed by atoms with Crippen molar-refractivity contribution in [2.75, 3.05) is 0 Å². The summed E-state index contributed by atoms with van der Waals surface area (Å²) in [6.07, 6.45) is -2.55. The number of carboxylic acids is 2. The average molecular weight is 524 g/mol. The van der Waals surface area contributed by atoms with Crippen LogP contribution in [0.4, 0.5) is 0 Å². The molecule has 5 amide bonds. The van der Waals surface area contributed by atoms with Gasteiger partial charge in [-0.25, -0.2) is 4.79 Å². The number of benzene rings is 1. The van der Waals surface area contributed by atoms with Gasteiger partial charge in [0.05, 0.1) is 25.3 Å². The van der Waals surface area contributed by atoms with Crippen molar-refractivity contribution in [2.24, 2.45) is 17.2 Å². The van der Waals surface area contributed by atoms with E-state index >= 15 is 0 Å². The molecule has 0 bridgehead atoms. The first kappa shape index (κ1) is 30.3. The summed E-state index contributed by atoms with van der Waals surface area (Å²) >= 11 is 0. The van der Waals surface area contributed by atoms with E-state index in [0.717, 1.165) is 0 Å². The zero-order chi connectivity index (χ0) is 28.3. The van der Waals surface area contributed by atoms with Crippen LogP contribution >= 0.6 is 0 Å². The predicted octanol–water partition coefficient (Wildman–Crippen LogP) is -3.97. The molecule has 1 aromatic rings. The van der Waals surface area contributed by atoms with Gasteiger partial charge in [0.25, 0.3) is 0 Å². The summed E-state index contributed by atoms with van der Waals surface area (Å²) in [5.41, 5.74) is 15.9. The molecule has 0 heterocycles. The standard InChI is InChI=1S/C21H28N6O10/c22-11(6-15(23)29)18(33)25-13(8-17(31)32)20(35)26-12(5-9-1-3-10(28)4-2-9)19(34)27-14(21(36)37)7-16(24)30/h1-4,11-14,28H,5-8,22H2,(H2,23,29)(H2,24,30)(H,25,33)(H,26,35)(H,27,34)(H,31,32)(H,36,37). The van der Waals surface area contributed by atoms with Gasteiger partial charge >= 0.3 is 11.9 Å². The lowest BCUT2D eigenvalue weighted by molar-refractivity contribution is -0.144. The number of hydrogen-bond acceptors (Lipinski definition) is 9. The Bertz CT molecular complexity index is 1040. The lowest BCUT2D eigenvalue weighted by atomic mass is 10.0. The fraction of sp³-hybridized carbons (Fsp3) is 0.381. The molecular formula is C21H28N6O10. The minimum Gasteiger partial charge on any atom is -0.508 e. The van der Waals surface area contributed by atoms with E-state index in [0.29, 0.717) is 5.56 Å². The Morgan fingerprint density at radius 3 is 1.68 bits per heavy atom. The molecule has 12 N–H and O–H groups in total. The number of aliphatic carboxylic acids is 2. The first-order valence-electron chi connectivity index (χ1n) is 10.6. The van der Waals surface area contributed by atoms with Gasteiger partial charge in [0.15, 0.2) is 0 Å². The van der Waals surface area contributed by atoms with Crippen molar-refractivity contribution in [1.82, 2.24) is 16.0 Å². The number of phenols is 1. The number of rotatable bonds is 15. The molecule has 1 rings (SSSR count). The molecule has 16 nitrogen and oxygen atoms in total. The molecule has 0 aliphatic rings. The third-order valence-corrected chi connectivity index (χ3v) is 4.80. The highest BCUT2D eigenvalue weighted by atomic mass is 16.4. The van der Waals surface area contributed by atoms with E-state index in [2.05, 4.69) is 16.0 Å². The Labute approximate surface area is 209 Å². The highest BCUT2D eigenvalue weighted by Gasteiger charge is 2.32. The van der Waals surface area contributed by atoms with Crippen molar-refractivity contribution in [3.05, 3.63) is 29.8 Å². The number of primary amides is 2. The number of nitrogens with one attached hydrogen (secondary N) is 3. The Balaban J connectivity index is 3.18. The summed E-state index contributed by atoms with van der Waals surface area (Å²) in [4.78, 5) is 82.8. The molecule has 0 aliphatic carbocycles. The second kappa shape index (κ2) is 14.0. The highest BCUT2D eigenvalue weighted by Crippen LogP contribution is 2.12. The summed E-state index contributed by atoms with van der Waals surface area (Å²) in [5.74, 6) is -8.41. The third kappa shape index (κ3) is 11.0. The molecule has 37 heavy (non-hydrogen) atoms. The number of carboxylic acid groups (broad SMARTS) is 2. The van der Waals surface area contributed by atoms with Crippen molar-refractivity contribution in [3.63, 3.8) is 0 Å². The molecule has 4 unspecified atom stereocenters. The maximum atomic E-state index is 12.9. The first-order valence-corrected chi connectivity index (χ1v) is 10.6. The van der Waals surface area contributed by atoms with Crippen LogP contribution in [-0.2, 0) is 40.0 Å². The normalized spacial score (nSPS) is 13.8. The summed E-state index contributed by atoms with van der Waals surface area (Å²) in [6.45, 7) is 0. The second-order valence-corrected chi connectivity index (χ2v) is 7.94. The second-order valence-electron chi connectivity index (χ2n) is 7.94. The fourth-order valence-electron chi connectivity index (χ4n) is 2.99. The number of aromatic hydroxyl groups is 1. The molecular weight excluding hydrogens is 496 g/mol. The van der Waals surface area contributed by atoms with Crippen molar-refractivity contribution in [3.8, 4) is 5.75 Å². The van der Waals surface area contributed by atoms with Crippen molar-refractivity contribution < 1.29 is 48.9 Å². The topological polar surface area (TPSA) is 294 Å². The number of hydrogen-bond donors (Lipinski definition) is 9. The molecule has 0 aliphatic heterocycles. The van der Waals surface area contributed by atoms with E-state index in [1.165, 1.54) is 24.3 Å². The molecule has 4 atom stereocenters. The van der Waals surface area contributed by atoms with Crippen molar-refractivity contribution in [2.45, 2.75) is 49.9 Å². The lowest BCUT2D eigenvalue weighted by Gasteiger charge is -2.24. The average Bonchev–Trinajstić information content (AvgIpc) is 2.77. The van der Waals surface area contributed by atoms with Gasteiger partial charge in [0, 0.05) is 6.42 Å². The smallest absolute Gasteiger partial charge is 0.326 e. The van der Waals surface area contributed by atoms with Crippen LogP contribution < -0.4 is 33.2 Å². The molecule has 0 fully saturated rings. The van der Waals surface area contributed by atoms with Crippen molar-refractivity contribution in [1.29, 1.82) is 0 Å². The van der Waals surface area contributed by atoms with Gasteiger partial charge in [-0.15, -0.1) is 0 Å². The van der Waals surface area contributed by atoms with Gasteiger partial charge in [-0.05, 0) is 17.7 Å². The van der Waals surface area contributed by atoms with Gasteiger partial charge < -0.3 is 48.5 Å². The Morgan fingerprint density at radius 1 is 0.703 bits per heavy atom. The number of carbonyl (C=O) groups excluding carboxylic acids is 5. The summed E-state index contributed by atoms with van der Waals surface area (Å²) in [6, 6.07) is -1.12. The Hall–Kier alpha value is -4.73. The van der Waals surface area contributed by atoms with Gasteiger partial charge in [0.1, 0.15) is 23.9 Å². The van der Waals surface area contributed by atoms with Crippen LogP contribution in [0.5, 0.6) is 5.75 Å². The molecule has 0 saturated carbocycles. The molecule has 0 aromatic heterocycles. The quantitative estimate of drug-likeness (QED) is 0.107. The monoisotopic (exact) mass is 524 g/mol. The minimum atomic E-state index is -1.75. The van der Waals surface area contributed by atoms with E-state index in [1.807, 2.05) is 0 Å². The van der Waals surface area contributed by atoms with E-state index in [9.17, 15) is 43.8 Å². The van der Waals surface area contributed by atoms with Crippen LogP contribution in [0.15, 0.2) is 24.3 Å². The number of amides is 5. The summed E-state index contributed by atoms with van der Waals surface area (Å²) in [5, 5.41) is 34.2. The zero-order valence-corrected chi connectivity index (χ0v) is 19.4. The lowest BCUT2D eigenvalue weighted by Crippen LogP contribution is -2.58. The van der Waals surface area contributed by atoms with Crippen LogP contribution in [-0.4, -0.2) is 81.0 Å². The molecule has 202 valence electrons. The Morgan fingerprint density at radius 2 is 1.19 bits per heavy atom. The SMILES string of the molecule is NC(=O)CC(N)C(=O)NC(CC(=O)O)C(=O)NC(Cc1ccc(O)cc1)C(=O)NC(CC(N)=O)C(=O)O. The molecule has 0 spiro atoms. The van der Waals surface area contributed by atoms with E-state index in [1.54, 1.807) is 0 Å². The number of nitrogens with two attached hydrogens (primary N) is 3. The van der Waals surface area contributed by atoms with Crippen molar-refractivity contribution >= 4 is 41.5 Å².